The second kappa shape index (κ2) is 9.23. The first-order valence-electron chi connectivity index (χ1n) is 8.45. The number of methoxy groups -OCH3 is 2. The van der Waals surface area contributed by atoms with E-state index in [1.807, 2.05) is 24.3 Å². The van der Waals surface area contributed by atoms with E-state index >= 15 is 0 Å². The number of amides is 1. The fourth-order valence-electron chi connectivity index (χ4n) is 2.52. The predicted octanol–water partition coefficient (Wildman–Crippen LogP) is 4.69. The van der Waals surface area contributed by atoms with Crippen LogP contribution in [-0.4, -0.2) is 25.1 Å². The molecule has 0 saturated heterocycles. The minimum atomic E-state index is -0.284. The molecular formula is C21H19BrN2O4. The Bertz CT molecular complexity index is 939. The van der Waals surface area contributed by atoms with E-state index in [-0.39, 0.29) is 5.91 Å². The van der Waals surface area contributed by atoms with Crippen molar-refractivity contribution in [1.29, 1.82) is 0 Å². The molecule has 2 aromatic carbocycles. The molecule has 0 aliphatic heterocycles. The van der Waals surface area contributed by atoms with Gasteiger partial charge in [0.2, 0.25) is 0 Å². The number of rotatable bonds is 7. The molecule has 3 rings (SSSR count). The molecule has 0 saturated carbocycles. The van der Waals surface area contributed by atoms with Crippen LogP contribution in [0.15, 0.2) is 65.4 Å². The quantitative estimate of drug-likeness (QED) is 0.574. The van der Waals surface area contributed by atoms with Gasteiger partial charge < -0.3 is 19.5 Å². The molecule has 1 N–H and O–H groups in total. The maximum absolute atomic E-state index is 12.7. The van der Waals surface area contributed by atoms with E-state index in [4.69, 9.17) is 14.2 Å². The van der Waals surface area contributed by atoms with Crippen LogP contribution in [0.5, 0.6) is 17.2 Å². The van der Waals surface area contributed by atoms with Crippen LogP contribution in [0.4, 0.5) is 5.69 Å². The molecule has 1 aromatic heterocycles. The molecule has 144 valence electrons. The fourth-order valence-corrected chi connectivity index (χ4v) is 3.07. The molecule has 0 aliphatic rings. The largest absolute Gasteiger partial charge is 0.495 e. The molecule has 7 heteroatoms. The standard InChI is InChI=1S/C21H19BrN2O4/c1-26-18-9-15(10-19(27-2)20(18)22)21(25)24-16-6-3-7-17(11-16)28-13-14-5-4-8-23-12-14/h3-12H,13H2,1-2H3,(H,24,25). The van der Waals surface area contributed by atoms with E-state index < -0.39 is 0 Å². The van der Waals surface area contributed by atoms with Crippen LogP contribution in [-0.2, 0) is 6.61 Å². The lowest BCUT2D eigenvalue weighted by atomic mass is 10.1. The molecule has 0 radical (unpaired) electrons. The van der Waals surface area contributed by atoms with E-state index in [1.54, 1.807) is 36.7 Å². The average molecular weight is 443 g/mol. The van der Waals surface area contributed by atoms with E-state index in [0.717, 1.165) is 5.56 Å². The molecular weight excluding hydrogens is 424 g/mol. The van der Waals surface area contributed by atoms with Crippen molar-refractivity contribution in [2.24, 2.45) is 0 Å². The number of hydrogen-bond donors (Lipinski definition) is 1. The van der Waals surface area contributed by atoms with Gasteiger partial charge in [-0.25, -0.2) is 0 Å². The molecule has 0 fully saturated rings. The summed E-state index contributed by atoms with van der Waals surface area (Å²) in [7, 11) is 3.06. The van der Waals surface area contributed by atoms with Gasteiger partial charge in [0.25, 0.3) is 5.91 Å². The molecule has 0 unspecified atom stereocenters. The van der Waals surface area contributed by atoms with Gasteiger partial charge >= 0.3 is 0 Å². The van der Waals surface area contributed by atoms with Crippen LogP contribution < -0.4 is 19.5 Å². The molecule has 6 nitrogen and oxygen atoms in total. The van der Waals surface area contributed by atoms with Gasteiger partial charge in [0.15, 0.2) is 0 Å². The highest BCUT2D eigenvalue weighted by Crippen LogP contribution is 2.35. The number of nitrogens with one attached hydrogen (secondary N) is 1. The summed E-state index contributed by atoms with van der Waals surface area (Å²) in [5, 5.41) is 2.86. The smallest absolute Gasteiger partial charge is 0.255 e. The number of hydrogen-bond acceptors (Lipinski definition) is 5. The molecule has 0 bridgehead atoms. The summed E-state index contributed by atoms with van der Waals surface area (Å²) in [5.41, 5.74) is 2.00. The zero-order valence-corrected chi connectivity index (χ0v) is 17.0. The Morgan fingerprint density at radius 2 is 1.82 bits per heavy atom. The van der Waals surface area contributed by atoms with Gasteiger partial charge in [-0.15, -0.1) is 0 Å². The van der Waals surface area contributed by atoms with Crippen molar-refractivity contribution in [3.05, 3.63) is 76.5 Å². The summed E-state index contributed by atoms with van der Waals surface area (Å²) in [6.07, 6.45) is 3.46. The van der Waals surface area contributed by atoms with E-state index in [1.165, 1.54) is 14.2 Å². The number of halogens is 1. The molecule has 1 amide bonds. The normalized spacial score (nSPS) is 10.2. The highest BCUT2D eigenvalue weighted by molar-refractivity contribution is 9.10. The van der Waals surface area contributed by atoms with Crippen LogP contribution in [0.1, 0.15) is 15.9 Å². The zero-order chi connectivity index (χ0) is 19.9. The zero-order valence-electron chi connectivity index (χ0n) is 15.4. The Balaban J connectivity index is 1.72. The first-order chi connectivity index (χ1) is 13.6. The Labute approximate surface area is 171 Å². The highest BCUT2D eigenvalue weighted by Gasteiger charge is 2.15. The van der Waals surface area contributed by atoms with Crippen LogP contribution in [0.2, 0.25) is 0 Å². The lowest BCUT2D eigenvalue weighted by Gasteiger charge is -2.12. The number of nitrogens with zero attached hydrogens (tertiary/aromatic N) is 1. The number of carbonyl (C=O) groups is 1. The summed E-state index contributed by atoms with van der Waals surface area (Å²) in [6.45, 7) is 0.395. The lowest BCUT2D eigenvalue weighted by Crippen LogP contribution is -2.12. The van der Waals surface area contributed by atoms with Crippen molar-refractivity contribution in [1.82, 2.24) is 4.98 Å². The minimum absolute atomic E-state index is 0.284. The van der Waals surface area contributed by atoms with Crippen molar-refractivity contribution in [3.8, 4) is 17.2 Å². The van der Waals surface area contributed by atoms with E-state index in [9.17, 15) is 4.79 Å². The third kappa shape index (κ3) is 4.80. The van der Waals surface area contributed by atoms with Gasteiger partial charge in [0.1, 0.15) is 28.3 Å². The van der Waals surface area contributed by atoms with E-state index in [0.29, 0.717) is 39.6 Å². The monoisotopic (exact) mass is 442 g/mol. The van der Waals surface area contributed by atoms with Crippen molar-refractivity contribution in [3.63, 3.8) is 0 Å². The summed E-state index contributed by atoms with van der Waals surface area (Å²) in [5.74, 6) is 1.39. The SMILES string of the molecule is COc1cc(C(=O)Nc2cccc(OCc3cccnc3)c2)cc(OC)c1Br. The number of benzene rings is 2. The molecule has 0 spiro atoms. The van der Waals surface area contributed by atoms with Gasteiger partial charge in [-0.1, -0.05) is 12.1 Å². The molecule has 0 atom stereocenters. The Kier molecular flexibility index (Phi) is 6.49. The number of anilines is 1. The highest BCUT2D eigenvalue weighted by atomic mass is 79.9. The second-order valence-corrected chi connectivity index (χ2v) is 6.62. The molecule has 0 aliphatic carbocycles. The first-order valence-corrected chi connectivity index (χ1v) is 9.24. The summed E-state index contributed by atoms with van der Waals surface area (Å²) >= 11 is 3.40. The molecule has 1 heterocycles. The van der Waals surface area contributed by atoms with Gasteiger partial charge in [-0.2, -0.15) is 0 Å². The van der Waals surface area contributed by atoms with Crippen molar-refractivity contribution in [2.75, 3.05) is 19.5 Å². The first kappa shape index (κ1) is 19.7. The van der Waals surface area contributed by atoms with E-state index in [2.05, 4.69) is 26.2 Å². The van der Waals surface area contributed by atoms with Crippen molar-refractivity contribution >= 4 is 27.5 Å². The van der Waals surface area contributed by atoms with Crippen molar-refractivity contribution in [2.45, 2.75) is 6.61 Å². The molecule has 28 heavy (non-hydrogen) atoms. The fraction of sp³-hybridized carbons (Fsp3) is 0.143. The maximum Gasteiger partial charge on any atom is 0.255 e. The van der Waals surface area contributed by atoms with Gasteiger partial charge in [-0.3, -0.25) is 9.78 Å². The molecule has 3 aromatic rings. The van der Waals surface area contributed by atoms with Gasteiger partial charge in [-0.05, 0) is 46.3 Å². The van der Waals surface area contributed by atoms with Crippen LogP contribution in [0.3, 0.4) is 0 Å². The number of ether oxygens (including phenoxy) is 3. The second-order valence-electron chi connectivity index (χ2n) is 5.83. The number of carbonyl (C=O) groups excluding carboxylic acids is 1. The third-order valence-electron chi connectivity index (χ3n) is 3.93. The lowest BCUT2D eigenvalue weighted by molar-refractivity contribution is 0.102. The van der Waals surface area contributed by atoms with Gasteiger partial charge in [0, 0.05) is 35.3 Å². The Morgan fingerprint density at radius 1 is 1.07 bits per heavy atom. The van der Waals surface area contributed by atoms with Crippen molar-refractivity contribution < 1.29 is 19.0 Å². The Morgan fingerprint density at radius 3 is 2.46 bits per heavy atom. The topological polar surface area (TPSA) is 69.7 Å². The summed E-state index contributed by atoms with van der Waals surface area (Å²) in [4.78, 5) is 16.7. The summed E-state index contributed by atoms with van der Waals surface area (Å²) < 4.78 is 17.0. The maximum atomic E-state index is 12.7. The number of aromatic nitrogens is 1. The summed E-state index contributed by atoms with van der Waals surface area (Å²) in [6, 6.07) is 14.3. The average Bonchev–Trinajstić information content (AvgIpc) is 2.73. The third-order valence-corrected chi connectivity index (χ3v) is 4.71. The Hall–Kier alpha value is -3.06. The van der Waals surface area contributed by atoms with Gasteiger partial charge in [0.05, 0.1) is 14.2 Å². The van der Waals surface area contributed by atoms with Crippen LogP contribution in [0, 0.1) is 0 Å². The van der Waals surface area contributed by atoms with Crippen LogP contribution >= 0.6 is 15.9 Å². The minimum Gasteiger partial charge on any atom is -0.495 e. The predicted molar refractivity (Wildman–Crippen MR) is 110 cm³/mol. The van der Waals surface area contributed by atoms with Crippen LogP contribution in [0.25, 0.3) is 0 Å². The number of pyridine rings is 1.